The first-order valence-electron chi connectivity index (χ1n) is 6.34. The minimum atomic E-state index is -4.31. The van der Waals surface area contributed by atoms with Gasteiger partial charge in [-0.05, 0) is 18.2 Å². The van der Waals surface area contributed by atoms with E-state index >= 15 is 0 Å². The lowest BCUT2D eigenvalue weighted by molar-refractivity contribution is -0.137. The summed E-state index contributed by atoms with van der Waals surface area (Å²) in [5.74, 6) is 0.109. The molecule has 1 heterocycles. The zero-order valence-electron chi connectivity index (χ0n) is 11.0. The molecule has 7 heteroatoms. The van der Waals surface area contributed by atoms with Crippen molar-refractivity contribution in [3.63, 3.8) is 0 Å². The summed E-state index contributed by atoms with van der Waals surface area (Å²) in [4.78, 5) is 3.94. The van der Waals surface area contributed by atoms with Gasteiger partial charge in [0.1, 0.15) is 5.84 Å². The van der Waals surface area contributed by atoms with Gasteiger partial charge in [-0.25, -0.2) is 0 Å². The molecule has 1 aromatic carbocycles. The molecule has 110 valence electrons. The van der Waals surface area contributed by atoms with Crippen molar-refractivity contribution in [2.75, 3.05) is 37.6 Å². The lowest BCUT2D eigenvalue weighted by Gasteiger charge is -2.36. The van der Waals surface area contributed by atoms with Gasteiger partial charge in [0.15, 0.2) is 0 Å². The fraction of sp³-hybridized carbons (Fsp3) is 0.462. The summed E-state index contributed by atoms with van der Waals surface area (Å²) in [6, 6.07) is 5.38. The third kappa shape index (κ3) is 3.63. The first-order valence-corrected chi connectivity index (χ1v) is 6.34. The van der Waals surface area contributed by atoms with E-state index in [-0.39, 0.29) is 5.84 Å². The number of benzene rings is 1. The minimum Gasteiger partial charge on any atom is -0.387 e. The van der Waals surface area contributed by atoms with Gasteiger partial charge in [0.05, 0.1) is 12.1 Å². The lowest BCUT2D eigenvalue weighted by Crippen LogP contribution is -2.48. The molecule has 0 unspecified atom stereocenters. The number of halogens is 3. The zero-order valence-corrected chi connectivity index (χ0v) is 11.0. The zero-order chi connectivity index (χ0) is 14.8. The summed E-state index contributed by atoms with van der Waals surface area (Å²) >= 11 is 0. The monoisotopic (exact) mass is 286 g/mol. The van der Waals surface area contributed by atoms with Crippen LogP contribution in [0.1, 0.15) is 5.56 Å². The van der Waals surface area contributed by atoms with E-state index in [1.165, 1.54) is 12.1 Å². The summed E-state index contributed by atoms with van der Waals surface area (Å²) in [5.41, 5.74) is 5.30. The smallest absolute Gasteiger partial charge is 0.387 e. The lowest BCUT2D eigenvalue weighted by atomic mass is 10.1. The van der Waals surface area contributed by atoms with Crippen molar-refractivity contribution in [3.05, 3.63) is 29.8 Å². The van der Waals surface area contributed by atoms with E-state index in [1.807, 2.05) is 9.80 Å². The Morgan fingerprint density at radius 1 is 1.20 bits per heavy atom. The molecule has 0 aromatic heterocycles. The van der Waals surface area contributed by atoms with Gasteiger partial charge in [0.25, 0.3) is 0 Å². The van der Waals surface area contributed by atoms with Gasteiger partial charge in [-0.3, -0.25) is 10.3 Å². The van der Waals surface area contributed by atoms with Crippen molar-refractivity contribution in [2.45, 2.75) is 6.18 Å². The van der Waals surface area contributed by atoms with E-state index in [1.54, 1.807) is 6.07 Å². The van der Waals surface area contributed by atoms with E-state index in [9.17, 15) is 13.2 Å². The highest BCUT2D eigenvalue weighted by Gasteiger charge is 2.31. The van der Waals surface area contributed by atoms with Gasteiger partial charge in [0.2, 0.25) is 0 Å². The molecule has 0 amide bonds. The quantitative estimate of drug-likeness (QED) is 0.657. The second-order valence-corrected chi connectivity index (χ2v) is 4.84. The number of nitrogens with two attached hydrogens (primary N) is 1. The predicted molar refractivity (Wildman–Crippen MR) is 72.0 cm³/mol. The van der Waals surface area contributed by atoms with Crippen LogP contribution in [0.4, 0.5) is 18.9 Å². The SMILES string of the molecule is N=C(N)CN1CCN(c2cccc(C(F)(F)F)c2)CC1. The van der Waals surface area contributed by atoms with Crippen molar-refractivity contribution in [3.8, 4) is 0 Å². The number of anilines is 1. The van der Waals surface area contributed by atoms with Crippen LogP contribution in [0.25, 0.3) is 0 Å². The summed E-state index contributed by atoms with van der Waals surface area (Å²) in [7, 11) is 0. The number of nitrogens with one attached hydrogen (secondary N) is 1. The number of amidine groups is 1. The molecule has 0 bridgehead atoms. The van der Waals surface area contributed by atoms with Crippen molar-refractivity contribution < 1.29 is 13.2 Å². The van der Waals surface area contributed by atoms with Crippen LogP contribution in [0, 0.1) is 5.41 Å². The van der Waals surface area contributed by atoms with E-state index in [0.717, 1.165) is 6.07 Å². The normalized spacial score (nSPS) is 17.2. The standard InChI is InChI=1S/C13H17F3N4/c14-13(15,16)10-2-1-3-11(8-10)20-6-4-19(5-7-20)9-12(17)18/h1-3,8H,4-7,9H2,(H3,17,18). The van der Waals surface area contributed by atoms with E-state index in [4.69, 9.17) is 11.1 Å². The molecule has 1 aromatic rings. The third-order valence-electron chi connectivity index (χ3n) is 3.30. The highest BCUT2D eigenvalue weighted by Crippen LogP contribution is 2.31. The number of hydrogen-bond donors (Lipinski definition) is 2. The Hall–Kier alpha value is -1.76. The highest BCUT2D eigenvalue weighted by atomic mass is 19.4. The van der Waals surface area contributed by atoms with Crippen LogP contribution in [-0.2, 0) is 6.18 Å². The van der Waals surface area contributed by atoms with Crippen LogP contribution >= 0.6 is 0 Å². The Morgan fingerprint density at radius 2 is 1.85 bits per heavy atom. The molecule has 3 N–H and O–H groups in total. The van der Waals surface area contributed by atoms with Crippen molar-refractivity contribution in [1.29, 1.82) is 5.41 Å². The molecule has 2 rings (SSSR count). The van der Waals surface area contributed by atoms with Crippen LogP contribution in [0.2, 0.25) is 0 Å². The first-order chi connectivity index (χ1) is 9.36. The summed E-state index contributed by atoms with van der Waals surface area (Å²) in [6.45, 7) is 3.06. The van der Waals surface area contributed by atoms with Gasteiger partial charge in [-0.15, -0.1) is 0 Å². The minimum absolute atomic E-state index is 0.109. The molecular weight excluding hydrogens is 269 g/mol. The van der Waals surface area contributed by atoms with Crippen molar-refractivity contribution >= 4 is 11.5 Å². The number of nitrogens with zero attached hydrogens (tertiary/aromatic N) is 2. The van der Waals surface area contributed by atoms with E-state index < -0.39 is 11.7 Å². The molecule has 0 saturated carbocycles. The van der Waals surface area contributed by atoms with Crippen LogP contribution in [0.3, 0.4) is 0 Å². The molecule has 1 aliphatic rings. The van der Waals surface area contributed by atoms with Crippen LogP contribution in [0.15, 0.2) is 24.3 Å². The second-order valence-electron chi connectivity index (χ2n) is 4.84. The fourth-order valence-corrected chi connectivity index (χ4v) is 2.28. The molecule has 1 fully saturated rings. The van der Waals surface area contributed by atoms with Gasteiger partial charge in [0, 0.05) is 31.9 Å². The predicted octanol–water partition coefficient (Wildman–Crippen LogP) is 1.76. The Balaban J connectivity index is 2.02. The van der Waals surface area contributed by atoms with Gasteiger partial charge in [-0.2, -0.15) is 13.2 Å². The Bertz CT molecular complexity index is 479. The molecule has 0 atom stereocenters. The van der Waals surface area contributed by atoms with Crippen LogP contribution < -0.4 is 10.6 Å². The maximum Gasteiger partial charge on any atom is 0.416 e. The average Bonchev–Trinajstić information content (AvgIpc) is 2.38. The number of piperazine rings is 1. The summed E-state index contributed by atoms with van der Waals surface area (Å²) in [5, 5.41) is 7.24. The average molecular weight is 286 g/mol. The van der Waals surface area contributed by atoms with Gasteiger partial charge in [-0.1, -0.05) is 6.07 Å². The second kappa shape index (κ2) is 5.70. The number of hydrogen-bond acceptors (Lipinski definition) is 3. The molecule has 0 aliphatic carbocycles. The Morgan fingerprint density at radius 3 is 2.40 bits per heavy atom. The van der Waals surface area contributed by atoms with Gasteiger partial charge >= 0.3 is 6.18 Å². The maximum atomic E-state index is 12.7. The van der Waals surface area contributed by atoms with E-state index in [2.05, 4.69) is 0 Å². The molecule has 0 radical (unpaired) electrons. The Labute approximate surface area is 115 Å². The highest BCUT2D eigenvalue weighted by molar-refractivity contribution is 5.79. The summed E-state index contributed by atoms with van der Waals surface area (Å²) in [6.07, 6.45) is -4.31. The summed E-state index contributed by atoms with van der Waals surface area (Å²) < 4.78 is 38.0. The molecule has 20 heavy (non-hydrogen) atoms. The van der Waals surface area contributed by atoms with Crippen LogP contribution in [0.5, 0.6) is 0 Å². The van der Waals surface area contributed by atoms with E-state index in [0.29, 0.717) is 38.4 Å². The maximum absolute atomic E-state index is 12.7. The molecule has 1 saturated heterocycles. The molecule has 1 aliphatic heterocycles. The number of alkyl halides is 3. The van der Waals surface area contributed by atoms with Crippen molar-refractivity contribution in [2.24, 2.45) is 5.73 Å². The van der Waals surface area contributed by atoms with Crippen molar-refractivity contribution in [1.82, 2.24) is 4.90 Å². The first kappa shape index (κ1) is 14.6. The fourth-order valence-electron chi connectivity index (χ4n) is 2.28. The molecule has 4 nitrogen and oxygen atoms in total. The van der Waals surface area contributed by atoms with Crippen LogP contribution in [-0.4, -0.2) is 43.5 Å². The number of rotatable bonds is 3. The third-order valence-corrected chi connectivity index (χ3v) is 3.30. The largest absolute Gasteiger partial charge is 0.416 e. The Kier molecular flexibility index (Phi) is 4.17. The molecular formula is C13H17F3N4. The van der Waals surface area contributed by atoms with Gasteiger partial charge < -0.3 is 10.6 Å². The topological polar surface area (TPSA) is 56.4 Å². The molecule has 0 spiro atoms.